The van der Waals surface area contributed by atoms with E-state index in [4.69, 9.17) is 14.7 Å². The molecular formula is C25H25NO4. The fourth-order valence-corrected chi connectivity index (χ4v) is 1.98. The summed E-state index contributed by atoms with van der Waals surface area (Å²) >= 11 is 0. The van der Waals surface area contributed by atoms with Crippen LogP contribution < -0.4 is 9.47 Å². The van der Waals surface area contributed by atoms with E-state index in [9.17, 15) is 9.59 Å². The van der Waals surface area contributed by atoms with E-state index in [0.717, 1.165) is 11.1 Å². The monoisotopic (exact) mass is 403 g/mol. The van der Waals surface area contributed by atoms with E-state index in [-0.39, 0.29) is 5.97 Å². The first-order chi connectivity index (χ1) is 14.1. The largest absolute Gasteiger partial charge is 0.423 e. The normalized spacial score (nSPS) is 10.0. The molecule has 0 spiro atoms. The van der Waals surface area contributed by atoms with Gasteiger partial charge in [-0.25, -0.2) is 9.59 Å². The van der Waals surface area contributed by atoms with Gasteiger partial charge in [0.05, 0.1) is 6.07 Å². The van der Waals surface area contributed by atoms with Crippen molar-refractivity contribution in [2.24, 2.45) is 0 Å². The fraction of sp³-hybridized carbons (Fsp3) is 0.160. The Morgan fingerprint density at radius 1 is 0.900 bits per heavy atom. The number of hydrogen-bond donors (Lipinski definition) is 0. The predicted molar refractivity (Wildman–Crippen MR) is 118 cm³/mol. The lowest BCUT2D eigenvalue weighted by Crippen LogP contribution is -2.07. The molecule has 0 amide bonds. The third-order valence-corrected chi connectivity index (χ3v) is 3.55. The maximum atomic E-state index is 11.2. The minimum Gasteiger partial charge on any atom is -0.423 e. The summed E-state index contributed by atoms with van der Waals surface area (Å²) in [5, 5.41) is 8.63. The molecule has 0 unspecified atom stereocenters. The highest BCUT2D eigenvalue weighted by atomic mass is 16.5. The first-order valence-electron chi connectivity index (χ1n) is 9.13. The zero-order chi connectivity index (χ0) is 22.7. The van der Waals surface area contributed by atoms with E-state index >= 15 is 0 Å². The van der Waals surface area contributed by atoms with Gasteiger partial charge in [-0.05, 0) is 69.2 Å². The summed E-state index contributed by atoms with van der Waals surface area (Å²) in [6.45, 7) is 13.9. The number of nitriles is 1. The lowest BCUT2D eigenvalue weighted by atomic mass is 10.1. The van der Waals surface area contributed by atoms with Gasteiger partial charge in [0.2, 0.25) is 0 Å². The van der Waals surface area contributed by atoms with Crippen LogP contribution in [0.5, 0.6) is 11.5 Å². The summed E-state index contributed by atoms with van der Waals surface area (Å²) in [6.07, 6.45) is 1.75. The van der Waals surface area contributed by atoms with Gasteiger partial charge in [-0.2, -0.15) is 5.26 Å². The molecule has 0 aromatic heterocycles. The van der Waals surface area contributed by atoms with Crippen LogP contribution in [0, 0.1) is 18.3 Å². The smallest absolute Gasteiger partial charge is 0.338 e. The molecule has 0 aliphatic carbocycles. The van der Waals surface area contributed by atoms with Gasteiger partial charge in [0.15, 0.2) is 0 Å². The lowest BCUT2D eigenvalue weighted by Gasteiger charge is -2.03. The van der Waals surface area contributed by atoms with Crippen molar-refractivity contribution in [1.29, 1.82) is 5.26 Å². The van der Waals surface area contributed by atoms with Gasteiger partial charge in [-0.3, -0.25) is 0 Å². The van der Waals surface area contributed by atoms with Gasteiger partial charge < -0.3 is 9.47 Å². The maximum Gasteiger partial charge on any atom is 0.338 e. The van der Waals surface area contributed by atoms with Gasteiger partial charge >= 0.3 is 11.9 Å². The Morgan fingerprint density at radius 3 is 1.90 bits per heavy atom. The Kier molecular flexibility index (Phi) is 9.51. The molecule has 2 aromatic carbocycles. The maximum absolute atomic E-state index is 11.2. The van der Waals surface area contributed by atoms with Crippen molar-refractivity contribution >= 4 is 18.0 Å². The highest BCUT2D eigenvalue weighted by molar-refractivity contribution is 5.89. The van der Waals surface area contributed by atoms with Crippen LogP contribution >= 0.6 is 0 Å². The average Bonchev–Trinajstić information content (AvgIpc) is 2.69. The molecule has 2 rings (SSSR count). The second kappa shape index (κ2) is 11.8. The van der Waals surface area contributed by atoms with Crippen molar-refractivity contribution in [3.63, 3.8) is 0 Å². The quantitative estimate of drug-likeness (QED) is 0.282. The summed E-state index contributed by atoms with van der Waals surface area (Å²) in [5.74, 6) is 0.199. The summed E-state index contributed by atoms with van der Waals surface area (Å²) in [7, 11) is 0. The van der Waals surface area contributed by atoms with Crippen molar-refractivity contribution < 1.29 is 19.1 Å². The number of rotatable bonds is 5. The van der Waals surface area contributed by atoms with E-state index in [0.29, 0.717) is 28.2 Å². The van der Waals surface area contributed by atoms with Gasteiger partial charge in [-0.1, -0.05) is 37.4 Å². The van der Waals surface area contributed by atoms with E-state index in [2.05, 4.69) is 13.2 Å². The zero-order valence-electron chi connectivity index (χ0n) is 17.7. The third-order valence-electron chi connectivity index (χ3n) is 3.55. The molecule has 0 N–H and O–H groups in total. The highest BCUT2D eigenvalue weighted by Gasteiger charge is 2.05. The van der Waals surface area contributed by atoms with Crippen molar-refractivity contribution in [3.8, 4) is 17.6 Å². The second-order valence-corrected chi connectivity index (χ2v) is 6.66. The number of esters is 2. The van der Waals surface area contributed by atoms with Gasteiger partial charge in [0, 0.05) is 16.7 Å². The van der Waals surface area contributed by atoms with Crippen LogP contribution in [0.15, 0.2) is 78.4 Å². The van der Waals surface area contributed by atoms with Crippen LogP contribution in [0.3, 0.4) is 0 Å². The number of aryl methyl sites for hydroxylation is 1. The Morgan fingerprint density at radius 2 is 1.43 bits per heavy atom. The third kappa shape index (κ3) is 8.85. The number of carbonyl (C=O) groups is 2. The molecule has 0 saturated carbocycles. The molecule has 30 heavy (non-hydrogen) atoms. The minimum absolute atomic E-state index is 0.356. The van der Waals surface area contributed by atoms with Crippen LogP contribution in [0.1, 0.15) is 31.9 Å². The van der Waals surface area contributed by atoms with Gasteiger partial charge in [0.1, 0.15) is 11.5 Å². The van der Waals surface area contributed by atoms with E-state index in [1.54, 1.807) is 63.2 Å². The molecule has 0 radical (unpaired) electrons. The van der Waals surface area contributed by atoms with Crippen molar-refractivity contribution in [1.82, 2.24) is 0 Å². The molecule has 0 fully saturated rings. The van der Waals surface area contributed by atoms with E-state index < -0.39 is 5.97 Å². The molecule has 0 atom stereocenters. The predicted octanol–water partition coefficient (Wildman–Crippen LogP) is 5.57. The fourth-order valence-electron chi connectivity index (χ4n) is 1.98. The first-order valence-corrected chi connectivity index (χ1v) is 9.13. The van der Waals surface area contributed by atoms with Gasteiger partial charge in [-0.15, -0.1) is 0 Å². The Labute approximate surface area is 177 Å². The number of hydrogen-bond acceptors (Lipinski definition) is 5. The SMILES string of the molecule is C=C(C)C(=O)Oc1ccc(/C=C(/C)C#N)cc1.C=C(C)C(=O)Oc1cccc(C)c1. The van der Waals surface area contributed by atoms with Crippen LogP contribution in [-0.2, 0) is 9.59 Å². The van der Waals surface area contributed by atoms with Crippen molar-refractivity contribution in [2.45, 2.75) is 27.7 Å². The van der Waals surface area contributed by atoms with Crippen LogP contribution in [0.25, 0.3) is 6.08 Å². The summed E-state index contributed by atoms with van der Waals surface area (Å²) < 4.78 is 10.1. The molecule has 0 heterocycles. The van der Waals surface area contributed by atoms with Crippen molar-refractivity contribution in [3.05, 3.63) is 89.5 Å². The summed E-state index contributed by atoms with van der Waals surface area (Å²) in [5.41, 5.74) is 3.33. The van der Waals surface area contributed by atoms with Crippen LogP contribution in [-0.4, -0.2) is 11.9 Å². The summed E-state index contributed by atoms with van der Waals surface area (Å²) in [4.78, 5) is 22.3. The Hall–Kier alpha value is -3.91. The first kappa shape index (κ1) is 24.1. The van der Waals surface area contributed by atoms with Gasteiger partial charge in [0.25, 0.3) is 0 Å². The number of ether oxygens (including phenoxy) is 2. The molecule has 5 nitrogen and oxygen atoms in total. The molecule has 154 valence electrons. The second-order valence-electron chi connectivity index (χ2n) is 6.66. The molecule has 0 saturated heterocycles. The minimum atomic E-state index is -0.443. The molecular weight excluding hydrogens is 378 g/mol. The van der Waals surface area contributed by atoms with E-state index in [1.165, 1.54) is 0 Å². The molecule has 5 heteroatoms. The number of carbonyl (C=O) groups excluding carboxylic acids is 2. The number of nitrogens with zero attached hydrogens (tertiary/aromatic N) is 1. The number of allylic oxidation sites excluding steroid dienone is 1. The standard InChI is InChI=1S/C14H13NO2.C11H12O2/c1-10(2)14(16)17-13-6-4-12(5-7-13)8-11(3)9-15;1-8(2)11(12)13-10-6-4-5-9(3)7-10/h4-8H,1H2,2-3H3;4-7H,1H2,2-3H3/b11-8-;. The average molecular weight is 403 g/mol. The summed E-state index contributed by atoms with van der Waals surface area (Å²) in [6, 6.07) is 16.3. The molecule has 0 bridgehead atoms. The number of benzene rings is 2. The zero-order valence-corrected chi connectivity index (χ0v) is 17.7. The Bertz CT molecular complexity index is 1010. The van der Waals surface area contributed by atoms with Crippen molar-refractivity contribution in [2.75, 3.05) is 0 Å². The van der Waals surface area contributed by atoms with Crippen LogP contribution in [0.4, 0.5) is 0 Å². The lowest BCUT2D eigenvalue weighted by molar-refractivity contribution is -0.130. The van der Waals surface area contributed by atoms with Crippen LogP contribution in [0.2, 0.25) is 0 Å². The van der Waals surface area contributed by atoms with E-state index in [1.807, 2.05) is 25.1 Å². The highest BCUT2D eigenvalue weighted by Crippen LogP contribution is 2.15. The topological polar surface area (TPSA) is 76.4 Å². The Balaban J connectivity index is 0.000000311. The molecule has 0 aliphatic heterocycles. The molecule has 2 aromatic rings. The molecule has 0 aliphatic rings.